The van der Waals surface area contributed by atoms with Gasteiger partial charge in [0, 0.05) is 24.5 Å². The van der Waals surface area contributed by atoms with Crippen LogP contribution in [-0.4, -0.2) is 17.1 Å². The molecule has 3 rings (SSSR count). The molecule has 1 aliphatic heterocycles. The van der Waals surface area contributed by atoms with Gasteiger partial charge < -0.3 is 5.32 Å². The van der Waals surface area contributed by atoms with Gasteiger partial charge in [0.2, 0.25) is 5.91 Å². The van der Waals surface area contributed by atoms with Crippen LogP contribution in [0.4, 0.5) is 0 Å². The van der Waals surface area contributed by atoms with Crippen LogP contribution in [0.25, 0.3) is 0 Å². The van der Waals surface area contributed by atoms with E-state index in [1.807, 2.05) is 42.8 Å². The van der Waals surface area contributed by atoms with Crippen molar-refractivity contribution in [3.8, 4) is 0 Å². The summed E-state index contributed by atoms with van der Waals surface area (Å²) in [7, 11) is 0. The molecule has 1 aromatic heterocycles. The average molecular weight is 269 g/mol. The highest BCUT2D eigenvalue weighted by molar-refractivity contribution is 5.91. The number of carbonyl (C=O) groups excluding carboxylic acids is 1. The molecule has 0 aliphatic carbocycles. The number of amides is 1. The Morgan fingerprint density at radius 3 is 2.65 bits per heavy atom. The first-order valence-electron chi connectivity index (χ1n) is 6.91. The number of rotatable bonds is 2. The number of aromatic nitrogens is 1. The van der Waals surface area contributed by atoms with Crippen LogP contribution in [0.2, 0.25) is 0 Å². The van der Waals surface area contributed by atoms with Gasteiger partial charge in [0.25, 0.3) is 0 Å². The number of hydrogen-bond donors (Lipinski definition) is 2. The summed E-state index contributed by atoms with van der Waals surface area (Å²) >= 11 is 0. The standard InChI is InChI=1S/C16H19N3O/c1-11-7-8-12(2)19(11)18-16(20)15-10-17-9-13-5-3-4-6-14(13)15/h3-8,15,17H,9-10H2,1-2H3,(H,18,20). The minimum atomic E-state index is -0.138. The zero-order valence-corrected chi connectivity index (χ0v) is 11.8. The second-order valence-electron chi connectivity index (χ2n) is 5.31. The Morgan fingerprint density at radius 1 is 1.20 bits per heavy atom. The number of aryl methyl sites for hydroxylation is 2. The highest BCUT2D eigenvalue weighted by Gasteiger charge is 2.26. The minimum absolute atomic E-state index is 0.0343. The largest absolute Gasteiger partial charge is 0.312 e. The lowest BCUT2D eigenvalue weighted by Crippen LogP contribution is -2.38. The number of nitrogens with zero attached hydrogens (tertiary/aromatic N) is 1. The monoisotopic (exact) mass is 269 g/mol. The summed E-state index contributed by atoms with van der Waals surface area (Å²) in [6, 6.07) is 12.1. The molecule has 104 valence electrons. The minimum Gasteiger partial charge on any atom is -0.312 e. The molecule has 0 saturated heterocycles. The molecule has 1 aliphatic rings. The molecule has 0 fully saturated rings. The number of nitrogens with one attached hydrogen (secondary N) is 2. The van der Waals surface area contributed by atoms with Gasteiger partial charge in [-0.2, -0.15) is 0 Å². The van der Waals surface area contributed by atoms with E-state index in [4.69, 9.17) is 0 Å². The smallest absolute Gasteiger partial charge is 0.247 e. The number of hydrogen-bond acceptors (Lipinski definition) is 2. The molecule has 0 spiro atoms. The van der Waals surface area contributed by atoms with Crippen molar-refractivity contribution in [2.24, 2.45) is 0 Å². The van der Waals surface area contributed by atoms with E-state index in [9.17, 15) is 4.79 Å². The Kier molecular flexibility index (Phi) is 3.32. The lowest BCUT2D eigenvalue weighted by Gasteiger charge is -2.26. The Morgan fingerprint density at radius 2 is 1.90 bits per heavy atom. The molecule has 2 aromatic rings. The van der Waals surface area contributed by atoms with Gasteiger partial charge in [-0.25, -0.2) is 0 Å². The zero-order chi connectivity index (χ0) is 14.1. The maximum absolute atomic E-state index is 12.6. The molecule has 20 heavy (non-hydrogen) atoms. The van der Waals surface area contributed by atoms with Crippen LogP contribution in [0.15, 0.2) is 36.4 Å². The third kappa shape index (κ3) is 2.23. The first kappa shape index (κ1) is 12.9. The van der Waals surface area contributed by atoms with Gasteiger partial charge in [-0.05, 0) is 37.1 Å². The molecule has 2 N–H and O–H groups in total. The van der Waals surface area contributed by atoms with Gasteiger partial charge in [0.15, 0.2) is 0 Å². The van der Waals surface area contributed by atoms with Crippen molar-refractivity contribution in [2.45, 2.75) is 26.3 Å². The van der Waals surface area contributed by atoms with Crippen molar-refractivity contribution in [1.29, 1.82) is 0 Å². The molecule has 1 aromatic carbocycles. The van der Waals surface area contributed by atoms with Crippen molar-refractivity contribution >= 4 is 5.91 Å². The lowest BCUT2D eigenvalue weighted by molar-refractivity contribution is -0.118. The van der Waals surface area contributed by atoms with E-state index >= 15 is 0 Å². The molecule has 0 saturated carbocycles. The predicted molar refractivity (Wildman–Crippen MR) is 79.2 cm³/mol. The van der Waals surface area contributed by atoms with Crippen LogP contribution in [-0.2, 0) is 11.3 Å². The molecule has 1 amide bonds. The van der Waals surface area contributed by atoms with Crippen molar-refractivity contribution in [1.82, 2.24) is 9.99 Å². The zero-order valence-electron chi connectivity index (χ0n) is 11.8. The SMILES string of the molecule is Cc1ccc(C)n1NC(=O)C1CNCc2ccccc21. The van der Waals surface area contributed by atoms with Gasteiger partial charge in [0.1, 0.15) is 0 Å². The Hall–Kier alpha value is -2.07. The predicted octanol–water partition coefficient (Wildman–Crippen LogP) is 2.06. The topological polar surface area (TPSA) is 46.1 Å². The quantitative estimate of drug-likeness (QED) is 0.876. The fraction of sp³-hybridized carbons (Fsp3) is 0.312. The third-order valence-electron chi connectivity index (χ3n) is 3.90. The average Bonchev–Trinajstić information content (AvgIpc) is 2.78. The van der Waals surface area contributed by atoms with Crippen LogP contribution in [0, 0.1) is 13.8 Å². The molecule has 0 radical (unpaired) electrons. The van der Waals surface area contributed by atoms with Gasteiger partial charge in [-0.15, -0.1) is 0 Å². The second-order valence-corrected chi connectivity index (χ2v) is 5.31. The van der Waals surface area contributed by atoms with Crippen molar-refractivity contribution in [3.05, 3.63) is 58.9 Å². The summed E-state index contributed by atoms with van der Waals surface area (Å²) in [5.41, 5.74) is 7.42. The van der Waals surface area contributed by atoms with Crippen molar-refractivity contribution < 1.29 is 4.79 Å². The number of benzene rings is 1. The summed E-state index contributed by atoms with van der Waals surface area (Å²) in [6.45, 7) is 5.49. The lowest BCUT2D eigenvalue weighted by atomic mass is 9.90. The summed E-state index contributed by atoms with van der Waals surface area (Å²) < 4.78 is 1.85. The Balaban J connectivity index is 1.86. The number of carbonyl (C=O) groups is 1. The maximum Gasteiger partial charge on any atom is 0.247 e. The summed E-state index contributed by atoms with van der Waals surface area (Å²) in [5, 5.41) is 3.31. The molecule has 0 bridgehead atoms. The Labute approximate surface area is 118 Å². The van der Waals surface area contributed by atoms with Gasteiger partial charge in [-0.1, -0.05) is 24.3 Å². The van der Waals surface area contributed by atoms with Crippen LogP contribution in [0.5, 0.6) is 0 Å². The second kappa shape index (κ2) is 5.13. The highest BCUT2D eigenvalue weighted by atomic mass is 16.2. The van der Waals surface area contributed by atoms with E-state index in [0.717, 1.165) is 23.5 Å². The van der Waals surface area contributed by atoms with Crippen LogP contribution >= 0.6 is 0 Å². The van der Waals surface area contributed by atoms with Crippen molar-refractivity contribution in [2.75, 3.05) is 12.0 Å². The third-order valence-corrected chi connectivity index (χ3v) is 3.90. The summed E-state index contributed by atoms with van der Waals surface area (Å²) in [6.07, 6.45) is 0. The summed E-state index contributed by atoms with van der Waals surface area (Å²) in [5.74, 6) is -0.104. The van der Waals surface area contributed by atoms with Crippen LogP contribution in [0.1, 0.15) is 28.4 Å². The van der Waals surface area contributed by atoms with Crippen molar-refractivity contribution in [3.63, 3.8) is 0 Å². The molecule has 4 nitrogen and oxygen atoms in total. The molecule has 4 heteroatoms. The number of fused-ring (bicyclic) bond motifs is 1. The maximum atomic E-state index is 12.6. The normalized spacial score (nSPS) is 17.6. The molecule has 2 heterocycles. The van der Waals surface area contributed by atoms with E-state index in [1.54, 1.807) is 0 Å². The molecule has 1 atom stereocenters. The summed E-state index contributed by atoms with van der Waals surface area (Å²) in [4.78, 5) is 12.6. The van der Waals surface area contributed by atoms with Gasteiger partial charge >= 0.3 is 0 Å². The van der Waals surface area contributed by atoms with Crippen LogP contribution in [0.3, 0.4) is 0 Å². The van der Waals surface area contributed by atoms with Crippen LogP contribution < -0.4 is 10.7 Å². The fourth-order valence-corrected chi connectivity index (χ4v) is 2.76. The highest BCUT2D eigenvalue weighted by Crippen LogP contribution is 2.24. The first-order valence-corrected chi connectivity index (χ1v) is 6.91. The van der Waals surface area contributed by atoms with E-state index in [0.29, 0.717) is 6.54 Å². The molecular weight excluding hydrogens is 250 g/mol. The van der Waals surface area contributed by atoms with E-state index in [-0.39, 0.29) is 11.8 Å². The van der Waals surface area contributed by atoms with Gasteiger partial charge in [0.05, 0.1) is 5.92 Å². The first-order chi connectivity index (χ1) is 9.66. The van der Waals surface area contributed by atoms with E-state index in [1.165, 1.54) is 5.56 Å². The molecular formula is C16H19N3O. The van der Waals surface area contributed by atoms with E-state index < -0.39 is 0 Å². The van der Waals surface area contributed by atoms with Gasteiger partial charge in [-0.3, -0.25) is 14.9 Å². The fourth-order valence-electron chi connectivity index (χ4n) is 2.76. The molecule has 1 unspecified atom stereocenters. The van der Waals surface area contributed by atoms with E-state index in [2.05, 4.69) is 22.9 Å². The Bertz CT molecular complexity index is 625.